The summed E-state index contributed by atoms with van der Waals surface area (Å²) in [7, 11) is 0. The molecule has 150 valence electrons. The van der Waals surface area contributed by atoms with E-state index in [0.29, 0.717) is 29.5 Å². The van der Waals surface area contributed by atoms with Gasteiger partial charge in [0, 0.05) is 5.56 Å². The molecule has 4 rings (SSSR count). The van der Waals surface area contributed by atoms with Crippen molar-refractivity contribution in [3.05, 3.63) is 119 Å². The molecule has 0 bridgehead atoms. The van der Waals surface area contributed by atoms with E-state index in [0.717, 1.165) is 16.7 Å². The Morgan fingerprint density at radius 3 is 2.00 bits per heavy atom. The Hall–Kier alpha value is -3.33. The molecule has 0 fully saturated rings. The van der Waals surface area contributed by atoms with E-state index in [-0.39, 0.29) is 11.4 Å². The van der Waals surface area contributed by atoms with Crippen LogP contribution in [0.4, 0.5) is 13.2 Å². The van der Waals surface area contributed by atoms with Crippen LogP contribution in [0, 0.1) is 24.4 Å². The summed E-state index contributed by atoms with van der Waals surface area (Å²) < 4.78 is 43.0. The highest BCUT2D eigenvalue weighted by molar-refractivity contribution is 5.65. The molecule has 4 aromatic carbocycles. The van der Waals surface area contributed by atoms with Gasteiger partial charge in [-0.25, -0.2) is 13.2 Å². The molecule has 0 amide bonds. The molecule has 30 heavy (non-hydrogen) atoms. The van der Waals surface area contributed by atoms with Crippen molar-refractivity contribution in [2.45, 2.75) is 19.8 Å². The van der Waals surface area contributed by atoms with E-state index in [1.165, 1.54) is 6.07 Å². The van der Waals surface area contributed by atoms with Crippen LogP contribution in [0.2, 0.25) is 0 Å². The van der Waals surface area contributed by atoms with Gasteiger partial charge in [-0.1, -0.05) is 78.9 Å². The predicted octanol–water partition coefficient (Wildman–Crippen LogP) is 7.53. The summed E-state index contributed by atoms with van der Waals surface area (Å²) in [6.07, 6.45) is 0.986. The Morgan fingerprint density at radius 1 is 0.600 bits per heavy atom. The highest BCUT2D eigenvalue weighted by atomic mass is 19.2. The van der Waals surface area contributed by atoms with E-state index in [4.69, 9.17) is 0 Å². The molecule has 0 saturated carbocycles. The molecule has 0 aliphatic heterocycles. The van der Waals surface area contributed by atoms with Crippen molar-refractivity contribution in [3.63, 3.8) is 0 Å². The summed E-state index contributed by atoms with van der Waals surface area (Å²) in [5, 5.41) is 0. The summed E-state index contributed by atoms with van der Waals surface area (Å²) in [5.41, 5.74) is 4.64. The molecule has 0 N–H and O–H groups in total. The summed E-state index contributed by atoms with van der Waals surface area (Å²) in [4.78, 5) is 0. The fourth-order valence-electron chi connectivity index (χ4n) is 3.54. The Balaban J connectivity index is 1.48. The van der Waals surface area contributed by atoms with Crippen LogP contribution in [0.3, 0.4) is 0 Å². The standard InChI is InChI=1S/C27H21F3/c1-18-7-11-23(17-25(18)28)20-12-8-19(9-13-20)10-14-22-15-16-24(27(30)26(22)29)21-5-3-2-4-6-21/h2-9,11-13,15-17H,10,14H2,1H3. The Kier molecular flexibility index (Phi) is 5.71. The zero-order valence-corrected chi connectivity index (χ0v) is 16.6. The summed E-state index contributed by atoms with van der Waals surface area (Å²) >= 11 is 0. The number of hydrogen-bond donors (Lipinski definition) is 0. The molecule has 0 saturated heterocycles. The van der Waals surface area contributed by atoms with Crippen molar-refractivity contribution in [2.75, 3.05) is 0 Å². The molecule has 0 aromatic heterocycles. The van der Waals surface area contributed by atoms with E-state index >= 15 is 0 Å². The van der Waals surface area contributed by atoms with Crippen LogP contribution in [-0.4, -0.2) is 0 Å². The topological polar surface area (TPSA) is 0 Å². The minimum atomic E-state index is -0.810. The van der Waals surface area contributed by atoms with Gasteiger partial charge in [-0.15, -0.1) is 0 Å². The quantitative estimate of drug-likeness (QED) is 0.324. The number of hydrogen-bond acceptors (Lipinski definition) is 0. The van der Waals surface area contributed by atoms with Crippen LogP contribution in [-0.2, 0) is 12.8 Å². The van der Waals surface area contributed by atoms with Gasteiger partial charge in [0.2, 0.25) is 0 Å². The second kappa shape index (κ2) is 8.58. The second-order valence-electron chi connectivity index (χ2n) is 7.43. The first-order valence-electron chi connectivity index (χ1n) is 9.90. The molecule has 0 aliphatic carbocycles. The van der Waals surface area contributed by atoms with Crippen molar-refractivity contribution >= 4 is 0 Å². The normalized spacial score (nSPS) is 10.9. The van der Waals surface area contributed by atoms with Crippen LogP contribution < -0.4 is 0 Å². The van der Waals surface area contributed by atoms with Gasteiger partial charge in [0.1, 0.15) is 5.82 Å². The van der Waals surface area contributed by atoms with Crippen molar-refractivity contribution < 1.29 is 13.2 Å². The lowest BCUT2D eigenvalue weighted by Gasteiger charge is -2.10. The zero-order valence-electron chi connectivity index (χ0n) is 16.6. The minimum Gasteiger partial charge on any atom is -0.207 e. The number of halogens is 3. The van der Waals surface area contributed by atoms with Crippen molar-refractivity contribution in [1.29, 1.82) is 0 Å². The maximum absolute atomic E-state index is 14.6. The van der Waals surface area contributed by atoms with Gasteiger partial charge in [-0.05, 0) is 59.2 Å². The maximum atomic E-state index is 14.6. The largest absolute Gasteiger partial charge is 0.207 e. The molecule has 3 heteroatoms. The predicted molar refractivity (Wildman–Crippen MR) is 116 cm³/mol. The van der Waals surface area contributed by atoms with Crippen molar-refractivity contribution in [1.82, 2.24) is 0 Å². The van der Waals surface area contributed by atoms with E-state index in [9.17, 15) is 13.2 Å². The fraction of sp³-hybridized carbons (Fsp3) is 0.111. The SMILES string of the molecule is Cc1ccc(-c2ccc(CCc3ccc(-c4ccccc4)c(F)c3F)cc2)cc1F. The van der Waals surface area contributed by atoms with Gasteiger partial charge < -0.3 is 0 Å². The average Bonchev–Trinajstić information content (AvgIpc) is 2.78. The number of rotatable bonds is 5. The molecule has 0 unspecified atom stereocenters. The number of aryl methyl sites for hydroxylation is 3. The van der Waals surface area contributed by atoms with Gasteiger partial charge >= 0.3 is 0 Å². The van der Waals surface area contributed by atoms with E-state index in [2.05, 4.69) is 0 Å². The van der Waals surface area contributed by atoms with E-state index in [1.54, 1.807) is 49.4 Å². The molecule has 0 heterocycles. The Morgan fingerprint density at radius 2 is 1.30 bits per heavy atom. The first kappa shape index (κ1) is 20.0. The molecular formula is C27H21F3. The summed E-state index contributed by atoms with van der Waals surface area (Å²) in [6.45, 7) is 1.73. The second-order valence-corrected chi connectivity index (χ2v) is 7.43. The first-order chi connectivity index (χ1) is 14.5. The number of benzene rings is 4. The van der Waals surface area contributed by atoms with Gasteiger partial charge in [0.25, 0.3) is 0 Å². The Bertz CT molecular complexity index is 1160. The van der Waals surface area contributed by atoms with E-state index < -0.39 is 11.6 Å². The molecule has 0 aliphatic rings. The third kappa shape index (κ3) is 4.16. The lowest BCUT2D eigenvalue weighted by molar-refractivity contribution is 0.501. The summed E-state index contributed by atoms with van der Waals surface area (Å²) in [6, 6.07) is 25.2. The van der Waals surface area contributed by atoms with Gasteiger partial charge in [-0.3, -0.25) is 0 Å². The third-order valence-corrected chi connectivity index (χ3v) is 5.39. The molecule has 0 spiro atoms. The lowest BCUT2D eigenvalue weighted by Crippen LogP contribution is -1.99. The molecule has 0 radical (unpaired) electrons. The van der Waals surface area contributed by atoms with Crippen LogP contribution in [0.25, 0.3) is 22.3 Å². The fourth-order valence-corrected chi connectivity index (χ4v) is 3.54. The molecule has 0 atom stereocenters. The van der Waals surface area contributed by atoms with Crippen LogP contribution in [0.15, 0.2) is 84.9 Å². The molecular weight excluding hydrogens is 381 g/mol. The van der Waals surface area contributed by atoms with Crippen molar-refractivity contribution in [2.24, 2.45) is 0 Å². The highest BCUT2D eigenvalue weighted by Crippen LogP contribution is 2.27. The van der Waals surface area contributed by atoms with Crippen LogP contribution in [0.1, 0.15) is 16.7 Å². The maximum Gasteiger partial charge on any atom is 0.166 e. The zero-order chi connectivity index (χ0) is 21.1. The monoisotopic (exact) mass is 402 g/mol. The molecule has 4 aromatic rings. The molecule has 0 nitrogen and oxygen atoms in total. The smallest absolute Gasteiger partial charge is 0.166 e. The first-order valence-corrected chi connectivity index (χ1v) is 9.90. The highest BCUT2D eigenvalue weighted by Gasteiger charge is 2.14. The van der Waals surface area contributed by atoms with Crippen LogP contribution in [0.5, 0.6) is 0 Å². The van der Waals surface area contributed by atoms with Crippen LogP contribution >= 0.6 is 0 Å². The van der Waals surface area contributed by atoms with Crippen molar-refractivity contribution in [3.8, 4) is 22.3 Å². The van der Waals surface area contributed by atoms with E-state index in [1.807, 2.05) is 36.4 Å². The summed E-state index contributed by atoms with van der Waals surface area (Å²) in [5.74, 6) is -1.83. The van der Waals surface area contributed by atoms with Gasteiger partial charge in [-0.2, -0.15) is 0 Å². The Labute approximate surface area is 174 Å². The average molecular weight is 402 g/mol. The van der Waals surface area contributed by atoms with Gasteiger partial charge in [0.05, 0.1) is 0 Å². The van der Waals surface area contributed by atoms with Gasteiger partial charge in [0.15, 0.2) is 11.6 Å². The minimum absolute atomic E-state index is 0.229. The lowest BCUT2D eigenvalue weighted by atomic mass is 9.97. The third-order valence-electron chi connectivity index (χ3n) is 5.39.